The Hall–Kier alpha value is -2.45. The van der Waals surface area contributed by atoms with Gasteiger partial charge in [0.15, 0.2) is 6.61 Å². The fourth-order valence-electron chi connectivity index (χ4n) is 2.01. The second kappa shape index (κ2) is 9.48. The Morgan fingerprint density at radius 1 is 1.19 bits per heavy atom. The fourth-order valence-corrected chi connectivity index (χ4v) is 2.56. The third-order valence-electron chi connectivity index (χ3n) is 3.41. The monoisotopic (exact) mass is 456 g/mol. The molecule has 0 saturated heterocycles. The number of anilines is 1. The van der Waals surface area contributed by atoms with E-state index in [-0.39, 0.29) is 17.1 Å². The molecule has 2 amide bonds. The average Bonchev–Trinajstić information content (AvgIpc) is 2.63. The normalized spacial score (nSPS) is 10.2. The lowest BCUT2D eigenvalue weighted by molar-refractivity contribution is -0.136. The van der Waals surface area contributed by atoms with E-state index < -0.39 is 30.2 Å². The van der Waals surface area contributed by atoms with Crippen LogP contribution >= 0.6 is 27.5 Å². The summed E-state index contributed by atoms with van der Waals surface area (Å²) in [7, 11) is 1.40. The van der Waals surface area contributed by atoms with Crippen LogP contribution < -0.4 is 5.32 Å². The molecule has 0 atom stereocenters. The van der Waals surface area contributed by atoms with E-state index in [9.17, 15) is 18.8 Å². The molecule has 142 valence electrons. The van der Waals surface area contributed by atoms with Gasteiger partial charge in [-0.1, -0.05) is 27.5 Å². The van der Waals surface area contributed by atoms with Crippen molar-refractivity contribution in [2.45, 2.75) is 0 Å². The number of hydrogen-bond donors (Lipinski definition) is 1. The van der Waals surface area contributed by atoms with Crippen molar-refractivity contribution in [3.05, 3.63) is 63.3 Å². The first kappa shape index (κ1) is 20.9. The summed E-state index contributed by atoms with van der Waals surface area (Å²) in [6, 6.07) is 9.88. The van der Waals surface area contributed by atoms with Crippen molar-refractivity contribution in [2.75, 3.05) is 25.5 Å². The Morgan fingerprint density at radius 2 is 1.85 bits per heavy atom. The molecule has 27 heavy (non-hydrogen) atoms. The predicted molar refractivity (Wildman–Crippen MR) is 102 cm³/mol. The molecule has 0 fully saturated rings. The van der Waals surface area contributed by atoms with Crippen molar-refractivity contribution >= 4 is 51.0 Å². The average molecular weight is 458 g/mol. The highest BCUT2D eigenvalue weighted by molar-refractivity contribution is 9.10. The van der Waals surface area contributed by atoms with Gasteiger partial charge in [0, 0.05) is 17.2 Å². The second-order valence-electron chi connectivity index (χ2n) is 5.51. The van der Waals surface area contributed by atoms with E-state index in [0.29, 0.717) is 10.2 Å². The number of rotatable bonds is 6. The molecule has 0 aliphatic carbocycles. The maximum atomic E-state index is 12.8. The molecule has 6 nitrogen and oxygen atoms in total. The maximum Gasteiger partial charge on any atom is 0.340 e. The summed E-state index contributed by atoms with van der Waals surface area (Å²) in [5, 5.41) is 2.73. The highest BCUT2D eigenvalue weighted by Crippen LogP contribution is 2.21. The fraction of sp³-hybridized carbons (Fsp3) is 0.167. The summed E-state index contributed by atoms with van der Waals surface area (Å²) in [6.07, 6.45) is 0. The van der Waals surface area contributed by atoms with E-state index in [2.05, 4.69) is 21.2 Å². The molecule has 0 spiro atoms. The quantitative estimate of drug-likeness (QED) is 0.674. The molecular formula is C18H15BrClFN2O4. The van der Waals surface area contributed by atoms with E-state index in [1.807, 2.05) is 0 Å². The first-order valence-electron chi connectivity index (χ1n) is 7.68. The highest BCUT2D eigenvalue weighted by Gasteiger charge is 2.18. The van der Waals surface area contributed by atoms with Crippen molar-refractivity contribution in [3.8, 4) is 0 Å². The van der Waals surface area contributed by atoms with Crippen LogP contribution in [0, 0.1) is 5.82 Å². The largest absolute Gasteiger partial charge is 0.452 e. The molecule has 0 aromatic heterocycles. The molecular weight excluding hydrogens is 443 g/mol. The first-order chi connectivity index (χ1) is 12.8. The molecule has 9 heteroatoms. The molecule has 0 aliphatic heterocycles. The van der Waals surface area contributed by atoms with Gasteiger partial charge in [-0.15, -0.1) is 0 Å². The zero-order valence-electron chi connectivity index (χ0n) is 14.2. The van der Waals surface area contributed by atoms with Crippen molar-refractivity contribution < 1.29 is 23.5 Å². The molecule has 2 aromatic rings. The molecule has 2 rings (SSSR count). The van der Waals surface area contributed by atoms with Gasteiger partial charge in [-0.25, -0.2) is 9.18 Å². The van der Waals surface area contributed by atoms with Gasteiger partial charge in [-0.2, -0.15) is 0 Å². The summed E-state index contributed by atoms with van der Waals surface area (Å²) >= 11 is 9.15. The van der Waals surface area contributed by atoms with Gasteiger partial charge >= 0.3 is 5.97 Å². The number of likely N-dealkylation sites (N-methyl/N-ethyl adjacent to an activating group) is 1. The number of halogens is 3. The summed E-state index contributed by atoms with van der Waals surface area (Å²) in [5.41, 5.74) is 0.522. The zero-order chi connectivity index (χ0) is 20.0. The number of esters is 1. The van der Waals surface area contributed by atoms with Crippen molar-refractivity contribution in [3.63, 3.8) is 0 Å². The lowest BCUT2D eigenvalue weighted by Gasteiger charge is -2.17. The zero-order valence-corrected chi connectivity index (χ0v) is 16.5. The van der Waals surface area contributed by atoms with E-state index in [1.54, 1.807) is 6.07 Å². The van der Waals surface area contributed by atoms with Crippen LogP contribution in [0.3, 0.4) is 0 Å². The van der Waals surface area contributed by atoms with Crippen LogP contribution in [-0.2, 0) is 14.3 Å². The number of nitrogens with one attached hydrogen (secondary N) is 1. The third-order valence-corrected chi connectivity index (χ3v) is 4.23. The Morgan fingerprint density at radius 3 is 2.52 bits per heavy atom. The van der Waals surface area contributed by atoms with Crippen molar-refractivity contribution in [2.24, 2.45) is 0 Å². The van der Waals surface area contributed by atoms with Gasteiger partial charge in [-0.05, 0) is 42.5 Å². The summed E-state index contributed by atoms with van der Waals surface area (Å²) in [5.74, 6) is -2.21. The Bertz CT molecular complexity index is 861. The van der Waals surface area contributed by atoms with E-state index in [1.165, 1.54) is 43.4 Å². The number of ether oxygens (including phenoxy) is 1. The van der Waals surface area contributed by atoms with Gasteiger partial charge in [0.25, 0.3) is 5.91 Å². The molecule has 0 aliphatic rings. The topological polar surface area (TPSA) is 75.7 Å². The van der Waals surface area contributed by atoms with Crippen molar-refractivity contribution in [1.29, 1.82) is 0 Å². The highest BCUT2D eigenvalue weighted by atomic mass is 79.9. The van der Waals surface area contributed by atoms with Gasteiger partial charge in [-0.3, -0.25) is 9.59 Å². The number of carbonyl (C=O) groups is 3. The third kappa shape index (κ3) is 6.33. The van der Waals surface area contributed by atoms with Crippen LogP contribution in [-0.4, -0.2) is 42.9 Å². The SMILES string of the molecule is CN(CC(=O)Nc1ccc(F)cc1)C(=O)COC(=O)c1cc(Br)ccc1Cl. The van der Waals surface area contributed by atoms with Crippen LogP contribution in [0.1, 0.15) is 10.4 Å². The summed E-state index contributed by atoms with van der Waals surface area (Å²) in [4.78, 5) is 37.1. The molecule has 0 unspecified atom stereocenters. The summed E-state index contributed by atoms with van der Waals surface area (Å²) < 4.78 is 18.4. The van der Waals surface area contributed by atoms with Crippen LogP contribution in [0.15, 0.2) is 46.9 Å². The summed E-state index contributed by atoms with van der Waals surface area (Å²) in [6.45, 7) is -0.798. The number of hydrogen-bond acceptors (Lipinski definition) is 4. The minimum absolute atomic E-state index is 0.121. The Balaban J connectivity index is 1.84. The van der Waals surface area contributed by atoms with Crippen LogP contribution in [0.25, 0.3) is 0 Å². The van der Waals surface area contributed by atoms with Crippen LogP contribution in [0.5, 0.6) is 0 Å². The number of carbonyl (C=O) groups excluding carboxylic acids is 3. The number of amides is 2. The lowest BCUT2D eigenvalue weighted by Crippen LogP contribution is -2.37. The van der Waals surface area contributed by atoms with Gasteiger partial charge in [0.2, 0.25) is 5.91 Å². The molecule has 0 radical (unpaired) electrons. The van der Waals surface area contributed by atoms with Crippen LogP contribution in [0.2, 0.25) is 5.02 Å². The molecule has 0 saturated carbocycles. The molecule has 0 bridgehead atoms. The Labute approximate surface area is 168 Å². The smallest absolute Gasteiger partial charge is 0.340 e. The molecule has 1 N–H and O–H groups in total. The second-order valence-corrected chi connectivity index (χ2v) is 6.83. The van der Waals surface area contributed by atoms with E-state index in [0.717, 1.165) is 4.90 Å². The number of benzene rings is 2. The molecule has 2 aromatic carbocycles. The lowest BCUT2D eigenvalue weighted by atomic mass is 10.2. The standard InChI is InChI=1S/C18H15BrClFN2O4/c1-23(9-16(24)22-13-5-3-12(21)4-6-13)17(25)10-27-18(26)14-8-11(19)2-7-15(14)20/h2-8H,9-10H2,1H3,(H,22,24). The number of nitrogens with zero attached hydrogens (tertiary/aromatic N) is 1. The van der Waals surface area contributed by atoms with Crippen molar-refractivity contribution in [1.82, 2.24) is 4.90 Å². The van der Waals surface area contributed by atoms with E-state index in [4.69, 9.17) is 16.3 Å². The minimum atomic E-state index is -0.751. The van der Waals surface area contributed by atoms with E-state index >= 15 is 0 Å². The van der Waals surface area contributed by atoms with Crippen LogP contribution in [0.4, 0.5) is 10.1 Å². The maximum absolute atomic E-state index is 12.8. The Kier molecular flexibility index (Phi) is 7.32. The van der Waals surface area contributed by atoms with Gasteiger partial charge < -0.3 is 15.0 Å². The predicted octanol–water partition coefficient (Wildman–Crippen LogP) is 3.50. The molecule has 0 heterocycles. The van der Waals surface area contributed by atoms with Gasteiger partial charge in [0.05, 0.1) is 17.1 Å². The van der Waals surface area contributed by atoms with Gasteiger partial charge in [0.1, 0.15) is 5.82 Å². The minimum Gasteiger partial charge on any atom is -0.452 e. The first-order valence-corrected chi connectivity index (χ1v) is 8.85.